The van der Waals surface area contributed by atoms with Crippen LogP contribution in [0, 0.1) is 0 Å². The van der Waals surface area contributed by atoms with Crippen LogP contribution in [0.15, 0.2) is 25.0 Å². The van der Waals surface area contributed by atoms with Gasteiger partial charge in [0.15, 0.2) is 0 Å². The Labute approximate surface area is 125 Å². The summed E-state index contributed by atoms with van der Waals surface area (Å²) < 4.78 is 4.11. The fraction of sp³-hybridized carbons (Fsp3) is 0.643. The second kappa shape index (κ2) is 6.82. The minimum atomic E-state index is 0.917. The fourth-order valence-electron chi connectivity index (χ4n) is 2.74. The minimum absolute atomic E-state index is 0.917. The molecule has 0 atom stereocenters. The van der Waals surface area contributed by atoms with Gasteiger partial charge < -0.3 is 4.57 Å². The van der Waals surface area contributed by atoms with E-state index in [9.17, 15) is 0 Å². The van der Waals surface area contributed by atoms with Gasteiger partial charge in [0.2, 0.25) is 0 Å². The lowest BCUT2D eigenvalue weighted by molar-refractivity contribution is 0.120. The molecular formula is C14H23N7. The third kappa shape index (κ3) is 3.68. The highest BCUT2D eigenvalue weighted by Crippen LogP contribution is 2.07. The van der Waals surface area contributed by atoms with Gasteiger partial charge in [0.05, 0.1) is 13.1 Å². The van der Waals surface area contributed by atoms with E-state index >= 15 is 0 Å². The standard InChI is InChI=1S/C14H23N7/c1-2-20-4-3-16-14(20)11-19-7-5-18(6-8-19)9-10-21-13-15-12-17-21/h3-4,12-13H,2,5-11H2,1H3. The third-order valence-corrected chi connectivity index (χ3v) is 4.08. The van der Waals surface area contributed by atoms with E-state index in [2.05, 4.69) is 42.6 Å². The zero-order valence-electron chi connectivity index (χ0n) is 12.6. The topological polar surface area (TPSA) is 55.0 Å². The number of hydrogen-bond donors (Lipinski definition) is 0. The Morgan fingerprint density at radius 2 is 1.90 bits per heavy atom. The maximum atomic E-state index is 4.46. The Kier molecular flexibility index (Phi) is 4.62. The van der Waals surface area contributed by atoms with E-state index in [-0.39, 0.29) is 0 Å². The Morgan fingerprint density at radius 3 is 2.62 bits per heavy atom. The lowest BCUT2D eigenvalue weighted by Crippen LogP contribution is -2.47. The number of nitrogens with zero attached hydrogens (tertiary/aromatic N) is 7. The van der Waals surface area contributed by atoms with Crippen molar-refractivity contribution in [3.63, 3.8) is 0 Å². The quantitative estimate of drug-likeness (QED) is 0.766. The molecule has 0 radical (unpaired) electrons. The molecule has 1 aliphatic rings. The van der Waals surface area contributed by atoms with Gasteiger partial charge in [-0.2, -0.15) is 5.10 Å². The van der Waals surface area contributed by atoms with E-state index in [4.69, 9.17) is 0 Å². The third-order valence-electron chi connectivity index (χ3n) is 4.08. The molecule has 3 rings (SSSR count). The summed E-state index contributed by atoms with van der Waals surface area (Å²) in [5, 5.41) is 4.14. The summed E-state index contributed by atoms with van der Waals surface area (Å²) in [6, 6.07) is 0. The van der Waals surface area contributed by atoms with Crippen molar-refractivity contribution in [1.29, 1.82) is 0 Å². The molecular weight excluding hydrogens is 266 g/mol. The molecule has 3 heterocycles. The molecule has 2 aromatic heterocycles. The monoisotopic (exact) mass is 289 g/mol. The summed E-state index contributed by atoms with van der Waals surface area (Å²) in [4.78, 5) is 13.4. The molecule has 0 N–H and O–H groups in total. The van der Waals surface area contributed by atoms with Crippen molar-refractivity contribution in [2.45, 2.75) is 26.6 Å². The number of aryl methyl sites for hydroxylation is 1. The Hall–Kier alpha value is -1.73. The zero-order chi connectivity index (χ0) is 14.5. The highest BCUT2D eigenvalue weighted by molar-refractivity contribution is 4.92. The minimum Gasteiger partial charge on any atom is -0.334 e. The van der Waals surface area contributed by atoms with Gasteiger partial charge in [-0.15, -0.1) is 0 Å². The van der Waals surface area contributed by atoms with Gasteiger partial charge in [0.25, 0.3) is 0 Å². The van der Waals surface area contributed by atoms with Crippen molar-refractivity contribution >= 4 is 0 Å². The maximum absolute atomic E-state index is 4.46. The van der Waals surface area contributed by atoms with E-state index in [1.807, 2.05) is 10.9 Å². The molecule has 0 unspecified atom stereocenters. The molecule has 1 aliphatic heterocycles. The molecule has 7 nitrogen and oxygen atoms in total. The Morgan fingerprint density at radius 1 is 1.10 bits per heavy atom. The molecule has 114 valence electrons. The van der Waals surface area contributed by atoms with E-state index in [1.165, 1.54) is 5.82 Å². The molecule has 0 bridgehead atoms. The van der Waals surface area contributed by atoms with Crippen LogP contribution in [0.2, 0.25) is 0 Å². The van der Waals surface area contributed by atoms with Crippen LogP contribution < -0.4 is 0 Å². The number of rotatable bonds is 6. The van der Waals surface area contributed by atoms with Gasteiger partial charge in [-0.1, -0.05) is 0 Å². The lowest BCUT2D eigenvalue weighted by Gasteiger charge is -2.34. The van der Waals surface area contributed by atoms with Crippen LogP contribution in [-0.2, 0) is 19.6 Å². The molecule has 0 spiro atoms. The number of aromatic nitrogens is 5. The summed E-state index contributed by atoms with van der Waals surface area (Å²) >= 11 is 0. The number of imidazole rings is 1. The molecule has 0 saturated carbocycles. The van der Waals surface area contributed by atoms with Crippen LogP contribution in [0.5, 0.6) is 0 Å². The van der Waals surface area contributed by atoms with Gasteiger partial charge in [0, 0.05) is 51.7 Å². The summed E-state index contributed by atoms with van der Waals surface area (Å²) in [7, 11) is 0. The second-order valence-electron chi connectivity index (χ2n) is 5.41. The van der Waals surface area contributed by atoms with Crippen molar-refractivity contribution in [2.24, 2.45) is 0 Å². The van der Waals surface area contributed by atoms with Crippen LogP contribution >= 0.6 is 0 Å². The first kappa shape index (κ1) is 14.2. The van der Waals surface area contributed by atoms with Crippen molar-refractivity contribution in [3.05, 3.63) is 30.9 Å². The van der Waals surface area contributed by atoms with Crippen molar-refractivity contribution < 1.29 is 0 Å². The first-order valence-corrected chi connectivity index (χ1v) is 7.62. The molecule has 1 saturated heterocycles. The maximum Gasteiger partial charge on any atom is 0.137 e. The van der Waals surface area contributed by atoms with Crippen LogP contribution in [0.3, 0.4) is 0 Å². The molecule has 0 aliphatic carbocycles. The van der Waals surface area contributed by atoms with Gasteiger partial charge in [-0.3, -0.25) is 14.5 Å². The van der Waals surface area contributed by atoms with Gasteiger partial charge >= 0.3 is 0 Å². The summed E-state index contributed by atoms with van der Waals surface area (Å²) in [6.45, 7) is 10.5. The highest BCUT2D eigenvalue weighted by atomic mass is 15.3. The van der Waals surface area contributed by atoms with Crippen LogP contribution in [0.25, 0.3) is 0 Å². The molecule has 1 fully saturated rings. The molecule has 7 heteroatoms. The first-order chi connectivity index (χ1) is 10.3. The fourth-order valence-corrected chi connectivity index (χ4v) is 2.74. The smallest absolute Gasteiger partial charge is 0.137 e. The predicted molar refractivity (Wildman–Crippen MR) is 79.6 cm³/mol. The largest absolute Gasteiger partial charge is 0.334 e. The average molecular weight is 289 g/mol. The summed E-state index contributed by atoms with van der Waals surface area (Å²) in [5.41, 5.74) is 0. The number of piperazine rings is 1. The SMILES string of the molecule is CCn1ccnc1CN1CCN(CCn2cncn2)CC1. The lowest BCUT2D eigenvalue weighted by atomic mass is 10.3. The zero-order valence-corrected chi connectivity index (χ0v) is 12.6. The van der Waals surface area contributed by atoms with Gasteiger partial charge in [0.1, 0.15) is 18.5 Å². The Balaban J connectivity index is 1.42. The Bertz CT molecular complexity index is 525. The van der Waals surface area contributed by atoms with E-state index in [1.54, 1.807) is 12.7 Å². The van der Waals surface area contributed by atoms with Crippen LogP contribution in [0.4, 0.5) is 0 Å². The molecule has 2 aromatic rings. The van der Waals surface area contributed by atoms with Crippen LogP contribution in [0.1, 0.15) is 12.7 Å². The average Bonchev–Trinajstić information content (AvgIpc) is 3.17. The molecule has 0 aromatic carbocycles. The molecule has 0 amide bonds. The first-order valence-electron chi connectivity index (χ1n) is 7.62. The summed E-state index contributed by atoms with van der Waals surface area (Å²) in [5.74, 6) is 1.17. The predicted octanol–water partition coefficient (Wildman–Crippen LogP) is 0.312. The van der Waals surface area contributed by atoms with Gasteiger partial charge in [-0.25, -0.2) is 9.97 Å². The second-order valence-corrected chi connectivity index (χ2v) is 5.41. The molecule has 21 heavy (non-hydrogen) atoms. The van der Waals surface area contributed by atoms with Crippen molar-refractivity contribution in [1.82, 2.24) is 34.1 Å². The van der Waals surface area contributed by atoms with E-state index < -0.39 is 0 Å². The normalized spacial score (nSPS) is 17.4. The van der Waals surface area contributed by atoms with E-state index in [0.29, 0.717) is 0 Å². The van der Waals surface area contributed by atoms with Gasteiger partial charge in [-0.05, 0) is 6.92 Å². The van der Waals surface area contributed by atoms with Crippen molar-refractivity contribution in [3.8, 4) is 0 Å². The van der Waals surface area contributed by atoms with Crippen LogP contribution in [-0.4, -0.2) is 66.8 Å². The van der Waals surface area contributed by atoms with E-state index in [0.717, 1.165) is 52.4 Å². The van der Waals surface area contributed by atoms with Crippen molar-refractivity contribution in [2.75, 3.05) is 32.7 Å². The number of hydrogen-bond acceptors (Lipinski definition) is 5. The highest BCUT2D eigenvalue weighted by Gasteiger charge is 2.18. The summed E-state index contributed by atoms with van der Waals surface area (Å²) in [6.07, 6.45) is 7.32.